The number of rotatable bonds is 7. The number of hydrogen-bond donors (Lipinski definition) is 4. The van der Waals surface area contributed by atoms with Crippen LogP contribution in [0, 0.1) is 5.92 Å². The topological polar surface area (TPSA) is 82.3 Å². The molecule has 1 rings (SSSR count). The second-order valence-corrected chi connectivity index (χ2v) is 4.92. The maximum atomic E-state index is 11.7. The minimum Gasteiger partial charge on any atom is -0.381 e. The highest BCUT2D eigenvalue weighted by Crippen LogP contribution is 2.07. The van der Waals surface area contributed by atoms with Crippen molar-refractivity contribution >= 4 is 12.3 Å². The van der Waals surface area contributed by atoms with E-state index in [2.05, 4.69) is 35.1 Å². The van der Waals surface area contributed by atoms with E-state index >= 15 is 0 Å². The van der Waals surface area contributed by atoms with Crippen LogP contribution in [-0.4, -0.2) is 31.4 Å². The average Bonchev–Trinajstić information content (AvgIpc) is 2.33. The summed E-state index contributed by atoms with van der Waals surface area (Å²) >= 11 is 0. The highest BCUT2D eigenvalue weighted by atomic mass is 16.2. The number of carbonyl (C=O) groups is 2. The summed E-state index contributed by atoms with van der Waals surface area (Å²) in [7, 11) is 0. The van der Waals surface area contributed by atoms with Crippen LogP contribution in [-0.2, 0) is 9.59 Å². The van der Waals surface area contributed by atoms with Gasteiger partial charge in [-0.25, -0.2) is 0 Å². The quantitative estimate of drug-likeness (QED) is 0.481. The fourth-order valence-electron chi connectivity index (χ4n) is 1.63. The Morgan fingerprint density at radius 1 is 1.53 bits per heavy atom. The number of amides is 2. The fourth-order valence-corrected chi connectivity index (χ4v) is 1.63. The number of nitrogens with one attached hydrogen (secondary N) is 4. The highest BCUT2D eigenvalue weighted by Gasteiger charge is 2.13. The Bertz CT molecular complexity index is 388. The van der Waals surface area contributed by atoms with Gasteiger partial charge in [0.25, 0.3) is 0 Å². The molecule has 1 heterocycles. The fraction of sp³-hybridized carbons (Fsp3) is 0.538. The summed E-state index contributed by atoms with van der Waals surface area (Å²) in [5, 5.41) is 11.5. The summed E-state index contributed by atoms with van der Waals surface area (Å²) < 4.78 is 0. The van der Waals surface area contributed by atoms with Crippen LogP contribution in [0.1, 0.15) is 20.8 Å². The average molecular weight is 266 g/mol. The molecule has 1 aliphatic heterocycles. The van der Waals surface area contributed by atoms with Crippen LogP contribution in [0.15, 0.2) is 23.7 Å². The number of hydrogen-bond acceptors (Lipinski definition) is 4. The Hall–Kier alpha value is -1.82. The second kappa shape index (κ2) is 7.58. The van der Waals surface area contributed by atoms with E-state index in [4.69, 9.17) is 0 Å². The first kappa shape index (κ1) is 15.2. The third-order valence-electron chi connectivity index (χ3n) is 2.61. The molecule has 0 aromatic heterocycles. The SMILES string of the molecule is CC(C)CNCC(=O)NC1=CNC(C)C(NC=O)=C1. The summed E-state index contributed by atoms with van der Waals surface area (Å²) in [4.78, 5) is 22.1. The van der Waals surface area contributed by atoms with E-state index < -0.39 is 0 Å². The lowest BCUT2D eigenvalue weighted by Crippen LogP contribution is -2.39. The van der Waals surface area contributed by atoms with Gasteiger partial charge < -0.3 is 21.3 Å². The molecule has 6 nitrogen and oxygen atoms in total. The summed E-state index contributed by atoms with van der Waals surface area (Å²) in [6, 6.07) is 0.0184. The zero-order chi connectivity index (χ0) is 14.3. The van der Waals surface area contributed by atoms with Crippen molar-refractivity contribution in [3.05, 3.63) is 23.7 Å². The molecule has 0 spiro atoms. The number of allylic oxidation sites excluding steroid dienone is 1. The van der Waals surface area contributed by atoms with Crippen molar-refractivity contribution in [3.8, 4) is 0 Å². The molecule has 2 amide bonds. The molecular formula is C13H22N4O2. The van der Waals surface area contributed by atoms with Gasteiger partial charge in [-0.2, -0.15) is 0 Å². The Morgan fingerprint density at radius 2 is 2.26 bits per heavy atom. The molecule has 0 aliphatic carbocycles. The first-order chi connectivity index (χ1) is 9.02. The van der Waals surface area contributed by atoms with Crippen LogP contribution in [0.2, 0.25) is 0 Å². The second-order valence-electron chi connectivity index (χ2n) is 4.92. The van der Waals surface area contributed by atoms with Gasteiger partial charge in [0.15, 0.2) is 0 Å². The zero-order valence-corrected chi connectivity index (χ0v) is 11.6. The van der Waals surface area contributed by atoms with Crippen LogP contribution in [0.25, 0.3) is 0 Å². The summed E-state index contributed by atoms with van der Waals surface area (Å²) in [6.45, 7) is 7.16. The molecule has 0 bridgehead atoms. The van der Waals surface area contributed by atoms with Crippen molar-refractivity contribution in [2.75, 3.05) is 13.1 Å². The maximum absolute atomic E-state index is 11.7. The zero-order valence-electron chi connectivity index (χ0n) is 11.6. The van der Waals surface area contributed by atoms with Gasteiger partial charge in [0.2, 0.25) is 12.3 Å². The molecule has 1 unspecified atom stereocenters. The van der Waals surface area contributed by atoms with E-state index in [-0.39, 0.29) is 18.5 Å². The molecule has 0 fully saturated rings. The number of carbonyl (C=O) groups excluding carboxylic acids is 2. The molecule has 0 saturated heterocycles. The van der Waals surface area contributed by atoms with Gasteiger partial charge in [0.05, 0.1) is 18.3 Å². The van der Waals surface area contributed by atoms with Gasteiger partial charge in [-0.15, -0.1) is 0 Å². The Kier molecular flexibility index (Phi) is 6.08. The van der Waals surface area contributed by atoms with Crippen LogP contribution in [0.5, 0.6) is 0 Å². The number of dihydropyridines is 1. The molecule has 0 radical (unpaired) electrons. The van der Waals surface area contributed by atoms with Gasteiger partial charge >= 0.3 is 0 Å². The van der Waals surface area contributed by atoms with E-state index in [0.29, 0.717) is 18.0 Å². The molecule has 0 saturated carbocycles. The Labute approximate surface area is 113 Å². The van der Waals surface area contributed by atoms with E-state index in [9.17, 15) is 9.59 Å². The molecule has 0 aromatic rings. The first-order valence-electron chi connectivity index (χ1n) is 6.41. The monoisotopic (exact) mass is 266 g/mol. The van der Waals surface area contributed by atoms with E-state index in [1.807, 2.05) is 6.92 Å². The van der Waals surface area contributed by atoms with Gasteiger partial charge in [-0.05, 0) is 25.5 Å². The van der Waals surface area contributed by atoms with Crippen molar-refractivity contribution in [1.29, 1.82) is 0 Å². The van der Waals surface area contributed by atoms with Crippen LogP contribution in [0.4, 0.5) is 0 Å². The van der Waals surface area contributed by atoms with Gasteiger partial charge in [-0.1, -0.05) is 13.8 Å². The third kappa shape index (κ3) is 5.56. The van der Waals surface area contributed by atoms with Crippen molar-refractivity contribution in [2.45, 2.75) is 26.8 Å². The van der Waals surface area contributed by atoms with Gasteiger partial charge in [0.1, 0.15) is 0 Å². The van der Waals surface area contributed by atoms with Crippen molar-refractivity contribution in [2.24, 2.45) is 5.92 Å². The first-order valence-corrected chi connectivity index (χ1v) is 6.41. The minimum absolute atomic E-state index is 0.0184. The maximum Gasteiger partial charge on any atom is 0.238 e. The lowest BCUT2D eigenvalue weighted by atomic mass is 10.1. The summed E-state index contributed by atoms with van der Waals surface area (Å²) in [5.41, 5.74) is 1.36. The minimum atomic E-state index is -0.107. The molecule has 1 aliphatic rings. The van der Waals surface area contributed by atoms with Crippen LogP contribution >= 0.6 is 0 Å². The summed E-state index contributed by atoms with van der Waals surface area (Å²) in [5.74, 6) is 0.400. The van der Waals surface area contributed by atoms with Crippen molar-refractivity contribution < 1.29 is 9.59 Å². The Balaban J connectivity index is 2.44. The van der Waals surface area contributed by atoms with Gasteiger partial charge in [0, 0.05) is 11.9 Å². The lowest BCUT2D eigenvalue weighted by molar-refractivity contribution is -0.119. The Morgan fingerprint density at radius 3 is 2.89 bits per heavy atom. The van der Waals surface area contributed by atoms with E-state index in [0.717, 1.165) is 12.2 Å². The third-order valence-corrected chi connectivity index (χ3v) is 2.61. The van der Waals surface area contributed by atoms with Gasteiger partial charge in [-0.3, -0.25) is 9.59 Å². The van der Waals surface area contributed by atoms with E-state index in [1.165, 1.54) is 0 Å². The lowest BCUT2D eigenvalue weighted by Gasteiger charge is -2.21. The molecule has 0 aromatic carbocycles. The molecule has 1 atom stereocenters. The van der Waals surface area contributed by atoms with Crippen LogP contribution in [0.3, 0.4) is 0 Å². The standard InChI is InChI=1S/C13H22N4O2/c1-9(2)5-14-7-13(19)17-11-4-12(16-8-18)10(3)15-6-11/h4,6,8-10,14-15H,5,7H2,1-3H3,(H,16,18)(H,17,19). The van der Waals surface area contributed by atoms with Crippen molar-refractivity contribution in [3.63, 3.8) is 0 Å². The molecule has 4 N–H and O–H groups in total. The largest absolute Gasteiger partial charge is 0.381 e. The van der Waals surface area contributed by atoms with E-state index in [1.54, 1.807) is 12.3 Å². The van der Waals surface area contributed by atoms with Crippen molar-refractivity contribution in [1.82, 2.24) is 21.3 Å². The molecular weight excluding hydrogens is 244 g/mol. The normalized spacial score (nSPS) is 18.2. The summed E-state index contributed by atoms with van der Waals surface area (Å²) in [6.07, 6.45) is 4.09. The highest BCUT2D eigenvalue weighted by molar-refractivity contribution is 5.80. The smallest absolute Gasteiger partial charge is 0.238 e. The molecule has 19 heavy (non-hydrogen) atoms. The molecule has 106 valence electrons. The van der Waals surface area contributed by atoms with Crippen LogP contribution < -0.4 is 21.3 Å². The molecule has 6 heteroatoms. The predicted molar refractivity (Wildman–Crippen MR) is 73.8 cm³/mol. The predicted octanol–water partition coefficient (Wildman–Crippen LogP) is -0.189.